The Bertz CT molecular complexity index is 721. The van der Waals surface area contributed by atoms with Crippen molar-refractivity contribution in [2.75, 3.05) is 13.2 Å². The minimum atomic E-state index is 0.0120. The third-order valence-electron chi connectivity index (χ3n) is 11.4. The van der Waals surface area contributed by atoms with Crippen molar-refractivity contribution in [2.45, 2.75) is 284 Å². The van der Waals surface area contributed by atoms with E-state index in [1.807, 2.05) is 0 Å². The van der Waals surface area contributed by atoms with Crippen LogP contribution in [0.15, 0.2) is 0 Å². The van der Waals surface area contributed by atoms with E-state index in [4.69, 9.17) is 9.47 Å². The molecule has 0 spiro atoms. The molecule has 0 aromatic carbocycles. The van der Waals surface area contributed by atoms with E-state index in [9.17, 15) is 9.59 Å². The van der Waals surface area contributed by atoms with Gasteiger partial charge in [0, 0.05) is 12.8 Å². The van der Waals surface area contributed by atoms with Crippen LogP contribution >= 0.6 is 0 Å². The van der Waals surface area contributed by atoms with E-state index in [0.717, 1.165) is 31.6 Å². The normalized spacial score (nSPS) is 12.0. The van der Waals surface area contributed by atoms with Crippen molar-refractivity contribution in [1.29, 1.82) is 0 Å². The van der Waals surface area contributed by atoms with Gasteiger partial charge in [-0.15, -0.1) is 0 Å². The summed E-state index contributed by atoms with van der Waals surface area (Å²) in [6, 6.07) is 0. The molecule has 0 saturated heterocycles. The molecule has 0 rings (SSSR count). The Balaban J connectivity index is 3.29. The van der Waals surface area contributed by atoms with Crippen LogP contribution in [0.25, 0.3) is 0 Å². The minimum Gasteiger partial charge on any atom is -0.466 e. The van der Waals surface area contributed by atoms with Crippen LogP contribution in [0.2, 0.25) is 0 Å². The Kier molecular flexibility index (Phi) is 44.4. The first kappa shape index (κ1) is 51.9. The average Bonchev–Trinajstić information content (AvgIpc) is 3.15. The van der Waals surface area contributed by atoms with Gasteiger partial charge in [-0.05, 0) is 31.6 Å². The minimum absolute atomic E-state index is 0.0120. The molecule has 316 valence electrons. The maximum absolute atomic E-state index is 12.0. The lowest BCUT2D eigenvalue weighted by Gasteiger charge is -2.11. The van der Waals surface area contributed by atoms with Crippen molar-refractivity contribution in [3.63, 3.8) is 0 Å². The van der Waals surface area contributed by atoms with Crippen molar-refractivity contribution < 1.29 is 19.1 Å². The standard InChI is InChI=1S/C49H96O4/c1-4-6-8-10-12-14-16-18-20-22-24-31-37-43-48(50)52-45-39-33-27-26-29-35-41-47(3)42-36-30-28-34-40-46-53-49(51)44-38-32-25-23-21-19-17-15-13-11-9-7-5-2/h47H,4-46H2,1-3H3. The quantitative estimate of drug-likeness (QED) is 0.0460. The largest absolute Gasteiger partial charge is 0.466 e. The Morgan fingerprint density at radius 3 is 0.830 bits per heavy atom. The Morgan fingerprint density at radius 1 is 0.321 bits per heavy atom. The number of hydrogen-bond acceptors (Lipinski definition) is 4. The number of carbonyl (C=O) groups is 2. The second-order valence-corrected chi connectivity index (χ2v) is 17.0. The van der Waals surface area contributed by atoms with Crippen molar-refractivity contribution in [3.8, 4) is 0 Å². The van der Waals surface area contributed by atoms with Gasteiger partial charge in [0.15, 0.2) is 0 Å². The summed E-state index contributed by atoms with van der Waals surface area (Å²) in [5.41, 5.74) is 0. The van der Waals surface area contributed by atoms with Crippen molar-refractivity contribution in [2.24, 2.45) is 5.92 Å². The van der Waals surface area contributed by atoms with E-state index < -0.39 is 0 Å². The van der Waals surface area contributed by atoms with Crippen molar-refractivity contribution in [1.82, 2.24) is 0 Å². The maximum Gasteiger partial charge on any atom is 0.305 e. The number of unbranched alkanes of at least 4 members (excludes halogenated alkanes) is 33. The van der Waals surface area contributed by atoms with Crippen LogP contribution in [0.1, 0.15) is 284 Å². The Hall–Kier alpha value is -1.06. The van der Waals surface area contributed by atoms with Crippen molar-refractivity contribution >= 4 is 11.9 Å². The summed E-state index contributed by atoms with van der Waals surface area (Å²) in [5, 5.41) is 0. The first-order valence-electron chi connectivity index (χ1n) is 24.4. The number of hydrogen-bond donors (Lipinski definition) is 0. The molecule has 0 aliphatic heterocycles. The Morgan fingerprint density at radius 2 is 0.547 bits per heavy atom. The molecule has 0 aromatic rings. The monoisotopic (exact) mass is 749 g/mol. The average molecular weight is 749 g/mol. The zero-order valence-corrected chi connectivity index (χ0v) is 36.6. The van der Waals surface area contributed by atoms with Gasteiger partial charge in [0.25, 0.3) is 0 Å². The first-order chi connectivity index (χ1) is 26.1. The fourth-order valence-corrected chi connectivity index (χ4v) is 7.66. The van der Waals surface area contributed by atoms with Gasteiger partial charge in [0.1, 0.15) is 0 Å². The Labute approximate surface area is 333 Å². The molecule has 0 fully saturated rings. The molecule has 0 N–H and O–H groups in total. The van der Waals surface area contributed by atoms with E-state index in [-0.39, 0.29) is 11.9 Å². The molecule has 0 aliphatic rings. The van der Waals surface area contributed by atoms with Crippen LogP contribution in [0, 0.1) is 5.92 Å². The molecule has 1 atom stereocenters. The van der Waals surface area contributed by atoms with E-state index >= 15 is 0 Å². The van der Waals surface area contributed by atoms with E-state index in [1.165, 1.54) is 225 Å². The van der Waals surface area contributed by atoms with Crippen LogP contribution in [0.3, 0.4) is 0 Å². The molecule has 0 aliphatic carbocycles. The molecule has 0 bridgehead atoms. The van der Waals surface area contributed by atoms with E-state index in [0.29, 0.717) is 26.1 Å². The zero-order valence-electron chi connectivity index (χ0n) is 36.6. The fourth-order valence-electron chi connectivity index (χ4n) is 7.66. The van der Waals surface area contributed by atoms with Crippen LogP contribution in [0.4, 0.5) is 0 Å². The second-order valence-electron chi connectivity index (χ2n) is 17.0. The summed E-state index contributed by atoms with van der Waals surface area (Å²) in [6.07, 6.45) is 52.1. The lowest BCUT2D eigenvalue weighted by atomic mass is 9.96. The van der Waals surface area contributed by atoms with Gasteiger partial charge in [-0.25, -0.2) is 0 Å². The van der Waals surface area contributed by atoms with Crippen LogP contribution in [0.5, 0.6) is 0 Å². The molecule has 53 heavy (non-hydrogen) atoms. The number of esters is 2. The molecule has 0 saturated carbocycles. The molecular formula is C49H96O4. The summed E-state index contributed by atoms with van der Waals surface area (Å²) in [7, 11) is 0. The molecule has 4 heteroatoms. The summed E-state index contributed by atoms with van der Waals surface area (Å²) in [4.78, 5) is 24.0. The maximum atomic E-state index is 12.0. The molecule has 0 heterocycles. The van der Waals surface area contributed by atoms with Gasteiger partial charge in [0.2, 0.25) is 0 Å². The van der Waals surface area contributed by atoms with Gasteiger partial charge in [-0.2, -0.15) is 0 Å². The van der Waals surface area contributed by atoms with Gasteiger partial charge in [-0.3, -0.25) is 9.59 Å². The lowest BCUT2D eigenvalue weighted by molar-refractivity contribution is -0.144. The summed E-state index contributed by atoms with van der Waals surface area (Å²) < 4.78 is 10.9. The van der Waals surface area contributed by atoms with Crippen molar-refractivity contribution in [3.05, 3.63) is 0 Å². The lowest BCUT2D eigenvalue weighted by Crippen LogP contribution is -2.05. The van der Waals surface area contributed by atoms with E-state index in [2.05, 4.69) is 20.8 Å². The van der Waals surface area contributed by atoms with E-state index in [1.54, 1.807) is 0 Å². The first-order valence-corrected chi connectivity index (χ1v) is 24.4. The predicted molar refractivity (Wildman–Crippen MR) is 232 cm³/mol. The highest BCUT2D eigenvalue weighted by Gasteiger charge is 2.06. The number of carbonyl (C=O) groups excluding carboxylic acids is 2. The highest BCUT2D eigenvalue weighted by atomic mass is 16.5. The highest BCUT2D eigenvalue weighted by Crippen LogP contribution is 2.19. The fraction of sp³-hybridized carbons (Fsp3) is 0.959. The van der Waals surface area contributed by atoms with Crippen LogP contribution in [-0.4, -0.2) is 25.2 Å². The summed E-state index contributed by atoms with van der Waals surface area (Å²) in [6.45, 7) is 8.20. The number of ether oxygens (including phenoxy) is 2. The van der Waals surface area contributed by atoms with Gasteiger partial charge < -0.3 is 9.47 Å². The van der Waals surface area contributed by atoms with Gasteiger partial charge in [-0.1, -0.05) is 245 Å². The topological polar surface area (TPSA) is 52.6 Å². The van der Waals surface area contributed by atoms with Crippen LogP contribution in [-0.2, 0) is 19.1 Å². The molecule has 0 radical (unpaired) electrons. The third-order valence-corrected chi connectivity index (χ3v) is 11.4. The molecule has 0 aromatic heterocycles. The smallest absolute Gasteiger partial charge is 0.305 e. The molecular weight excluding hydrogens is 653 g/mol. The number of rotatable bonds is 45. The summed E-state index contributed by atoms with van der Waals surface area (Å²) in [5.74, 6) is 0.853. The molecule has 0 amide bonds. The highest BCUT2D eigenvalue weighted by molar-refractivity contribution is 5.69. The van der Waals surface area contributed by atoms with Gasteiger partial charge in [0.05, 0.1) is 13.2 Å². The second kappa shape index (κ2) is 45.3. The SMILES string of the molecule is CCCCCCCCCCCCCCCC(=O)OCCCCCCCCC(C)CCCCCCCOC(=O)CCCCCCCCCCCCCCC. The molecule has 4 nitrogen and oxygen atoms in total. The van der Waals surface area contributed by atoms with Crippen LogP contribution < -0.4 is 0 Å². The predicted octanol–water partition coefficient (Wildman–Crippen LogP) is 16.7. The zero-order chi connectivity index (χ0) is 38.6. The molecule has 1 unspecified atom stereocenters. The summed E-state index contributed by atoms with van der Waals surface area (Å²) >= 11 is 0. The third kappa shape index (κ3) is 45.2. The van der Waals surface area contributed by atoms with Gasteiger partial charge >= 0.3 is 11.9 Å².